The molecule has 0 bridgehead atoms. The van der Waals surface area contributed by atoms with E-state index in [-0.39, 0.29) is 0 Å². The first-order valence-corrected chi connectivity index (χ1v) is 4.62. The molecular formula is C9H13NS. The standard InChI is InChI=1S/C9H13NS/c11-8-5-1-3-7-4-2-6-10-9(7)8/h2,4-5,7,9-11H,1,3,6H2/t7-,9?/m0/s1. The van der Waals surface area contributed by atoms with Crippen LogP contribution in [0.5, 0.6) is 0 Å². The van der Waals surface area contributed by atoms with Crippen molar-refractivity contribution in [3.05, 3.63) is 23.1 Å². The zero-order valence-electron chi connectivity index (χ0n) is 6.46. The van der Waals surface area contributed by atoms with Crippen LogP contribution in [0, 0.1) is 5.92 Å². The molecule has 11 heavy (non-hydrogen) atoms. The molecule has 2 heteroatoms. The van der Waals surface area contributed by atoms with Gasteiger partial charge in [0, 0.05) is 12.6 Å². The molecule has 1 aliphatic heterocycles. The molecule has 1 aliphatic carbocycles. The second-order valence-corrected chi connectivity index (χ2v) is 3.70. The molecular weight excluding hydrogens is 154 g/mol. The number of fused-ring (bicyclic) bond motifs is 1. The highest BCUT2D eigenvalue weighted by molar-refractivity contribution is 7.84. The number of rotatable bonds is 0. The Hall–Kier alpha value is -0.210. The third-order valence-corrected chi connectivity index (χ3v) is 2.90. The first-order valence-electron chi connectivity index (χ1n) is 4.17. The van der Waals surface area contributed by atoms with E-state index >= 15 is 0 Å². The van der Waals surface area contributed by atoms with Crippen molar-refractivity contribution < 1.29 is 0 Å². The Labute approximate surface area is 73.0 Å². The van der Waals surface area contributed by atoms with Gasteiger partial charge in [-0.25, -0.2) is 0 Å². The summed E-state index contributed by atoms with van der Waals surface area (Å²) in [5, 5.41) is 3.44. The summed E-state index contributed by atoms with van der Waals surface area (Å²) < 4.78 is 0. The van der Waals surface area contributed by atoms with Gasteiger partial charge in [0.2, 0.25) is 0 Å². The van der Waals surface area contributed by atoms with Crippen molar-refractivity contribution in [2.45, 2.75) is 18.9 Å². The van der Waals surface area contributed by atoms with E-state index in [1.54, 1.807) is 0 Å². The largest absolute Gasteiger partial charge is 0.306 e. The van der Waals surface area contributed by atoms with Gasteiger partial charge in [-0.15, -0.1) is 12.6 Å². The lowest BCUT2D eigenvalue weighted by atomic mass is 9.87. The van der Waals surface area contributed by atoms with Crippen LogP contribution in [0.3, 0.4) is 0 Å². The fourth-order valence-corrected chi connectivity index (χ4v) is 2.25. The highest BCUT2D eigenvalue weighted by Crippen LogP contribution is 2.29. The minimum absolute atomic E-state index is 0.511. The van der Waals surface area contributed by atoms with E-state index in [1.165, 1.54) is 17.7 Å². The first-order chi connectivity index (χ1) is 5.38. The van der Waals surface area contributed by atoms with Crippen molar-refractivity contribution in [1.29, 1.82) is 0 Å². The second kappa shape index (κ2) is 3.03. The maximum Gasteiger partial charge on any atom is 0.0440 e. The number of thiol groups is 1. The van der Waals surface area contributed by atoms with Crippen molar-refractivity contribution in [3.63, 3.8) is 0 Å². The van der Waals surface area contributed by atoms with E-state index in [9.17, 15) is 0 Å². The van der Waals surface area contributed by atoms with Gasteiger partial charge < -0.3 is 5.32 Å². The average molecular weight is 167 g/mol. The van der Waals surface area contributed by atoms with Gasteiger partial charge in [0.25, 0.3) is 0 Å². The molecule has 0 aromatic carbocycles. The Balaban J connectivity index is 2.20. The van der Waals surface area contributed by atoms with Crippen LogP contribution in [0.2, 0.25) is 0 Å². The smallest absolute Gasteiger partial charge is 0.0440 e. The molecule has 1 N–H and O–H groups in total. The van der Waals surface area contributed by atoms with Crippen molar-refractivity contribution >= 4 is 12.6 Å². The highest BCUT2D eigenvalue weighted by atomic mass is 32.1. The molecule has 2 aliphatic rings. The summed E-state index contributed by atoms with van der Waals surface area (Å²) in [7, 11) is 0. The monoisotopic (exact) mass is 167 g/mol. The Kier molecular flexibility index (Phi) is 2.05. The van der Waals surface area contributed by atoms with E-state index in [0.717, 1.165) is 6.54 Å². The van der Waals surface area contributed by atoms with Crippen LogP contribution in [-0.2, 0) is 0 Å². The third-order valence-electron chi connectivity index (χ3n) is 2.44. The van der Waals surface area contributed by atoms with E-state index in [1.807, 2.05) is 0 Å². The Morgan fingerprint density at radius 2 is 2.45 bits per heavy atom. The lowest BCUT2D eigenvalue weighted by Crippen LogP contribution is -2.40. The van der Waals surface area contributed by atoms with Crippen molar-refractivity contribution in [3.8, 4) is 0 Å². The Morgan fingerprint density at radius 3 is 3.27 bits per heavy atom. The number of nitrogens with one attached hydrogen (secondary N) is 1. The van der Waals surface area contributed by atoms with Gasteiger partial charge in [-0.2, -0.15) is 0 Å². The van der Waals surface area contributed by atoms with Crippen LogP contribution in [-0.4, -0.2) is 12.6 Å². The Bertz CT molecular complexity index is 208. The molecule has 0 amide bonds. The SMILES string of the molecule is SC1=CCC[C@H]2C=CCNC12. The van der Waals surface area contributed by atoms with Gasteiger partial charge in [-0.1, -0.05) is 18.2 Å². The second-order valence-electron chi connectivity index (χ2n) is 3.18. The number of allylic oxidation sites excluding steroid dienone is 1. The van der Waals surface area contributed by atoms with E-state index in [2.05, 4.69) is 36.2 Å². The van der Waals surface area contributed by atoms with Gasteiger partial charge in [-0.05, 0) is 23.7 Å². The van der Waals surface area contributed by atoms with Gasteiger partial charge >= 0.3 is 0 Å². The molecule has 0 saturated heterocycles. The lowest BCUT2D eigenvalue weighted by molar-refractivity contribution is 0.427. The van der Waals surface area contributed by atoms with Gasteiger partial charge in [-0.3, -0.25) is 0 Å². The fraction of sp³-hybridized carbons (Fsp3) is 0.556. The van der Waals surface area contributed by atoms with Crippen LogP contribution >= 0.6 is 12.6 Å². The predicted octanol–water partition coefficient (Wildman–Crippen LogP) is 1.74. The molecule has 0 aromatic heterocycles. The zero-order chi connectivity index (χ0) is 7.68. The molecule has 0 fully saturated rings. The minimum Gasteiger partial charge on any atom is -0.306 e. The van der Waals surface area contributed by atoms with Crippen LogP contribution < -0.4 is 5.32 Å². The van der Waals surface area contributed by atoms with Crippen LogP contribution in [0.1, 0.15) is 12.8 Å². The summed E-state index contributed by atoms with van der Waals surface area (Å²) in [6.07, 6.45) is 9.23. The molecule has 2 atom stereocenters. The summed E-state index contributed by atoms with van der Waals surface area (Å²) in [6, 6.07) is 0.511. The van der Waals surface area contributed by atoms with Crippen LogP contribution in [0.25, 0.3) is 0 Å². The van der Waals surface area contributed by atoms with E-state index in [0.29, 0.717) is 12.0 Å². The minimum atomic E-state index is 0.511. The van der Waals surface area contributed by atoms with Crippen molar-refractivity contribution in [2.75, 3.05) is 6.54 Å². The van der Waals surface area contributed by atoms with Crippen LogP contribution in [0.15, 0.2) is 23.1 Å². The third kappa shape index (κ3) is 1.37. The van der Waals surface area contributed by atoms with Gasteiger partial charge in [0.15, 0.2) is 0 Å². The van der Waals surface area contributed by atoms with Crippen molar-refractivity contribution in [2.24, 2.45) is 5.92 Å². The van der Waals surface area contributed by atoms with E-state index < -0.39 is 0 Å². The lowest BCUT2D eigenvalue weighted by Gasteiger charge is -2.32. The molecule has 0 saturated carbocycles. The quantitative estimate of drug-likeness (QED) is 0.413. The van der Waals surface area contributed by atoms with Crippen LogP contribution in [0.4, 0.5) is 0 Å². The summed E-state index contributed by atoms with van der Waals surface area (Å²) in [6.45, 7) is 0.999. The molecule has 60 valence electrons. The summed E-state index contributed by atoms with van der Waals surface area (Å²) in [4.78, 5) is 1.23. The molecule has 0 aromatic rings. The molecule has 0 radical (unpaired) electrons. The summed E-state index contributed by atoms with van der Waals surface area (Å²) in [5.41, 5.74) is 0. The molecule has 0 spiro atoms. The fourth-order valence-electron chi connectivity index (χ4n) is 1.84. The normalized spacial score (nSPS) is 36.3. The van der Waals surface area contributed by atoms with Gasteiger partial charge in [0.05, 0.1) is 0 Å². The highest BCUT2D eigenvalue weighted by Gasteiger charge is 2.25. The molecule has 1 heterocycles. The summed E-state index contributed by atoms with van der Waals surface area (Å²) >= 11 is 4.45. The maximum atomic E-state index is 4.45. The van der Waals surface area contributed by atoms with Crippen molar-refractivity contribution in [1.82, 2.24) is 5.32 Å². The molecule has 1 nitrogen and oxygen atoms in total. The zero-order valence-corrected chi connectivity index (χ0v) is 7.35. The van der Waals surface area contributed by atoms with Gasteiger partial charge in [0.1, 0.15) is 0 Å². The first kappa shape index (κ1) is 7.44. The Morgan fingerprint density at radius 1 is 1.55 bits per heavy atom. The average Bonchev–Trinajstić information content (AvgIpc) is 2.06. The molecule has 1 unspecified atom stereocenters. The topological polar surface area (TPSA) is 12.0 Å². The summed E-state index contributed by atoms with van der Waals surface area (Å²) in [5.74, 6) is 0.696. The molecule has 2 rings (SSSR count). The number of hydrogen-bond donors (Lipinski definition) is 2. The number of hydrogen-bond acceptors (Lipinski definition) is 2. The predicted molar refractivity (Wildman–Crippen MR) is 50.7 cm³/mol. The van der Waals surface area contributed by atoms with E-state index in [4.69, 9.17) is 0 Å². The maximum absolute atomic E-state index is 4.45.